The van der Waals surface area contributed by atoms with Crippen molar-refractivity contribution in [3.63, 3.8) is 0 Å². The first kappa shape index (κ1) is 10.6. The van der Waals surface area contributed by atoms with Gasteiger partial charge in [0.15, 0.2) is 0 Å². The summed E-state index contributed by atoms with van der Waals surface area (Å²) < 4.78 is 4.93. The van der Waals surface area contributed by atoms with Gasteiger partial charge < -0.3 is 10.5 Å². The molecule has 2 N–H and O–H groups in total. The number of hydrogen-bond acceptors (Lipinski definition) is 2. The third-order valence-electron chi connectivity index (χ3n) is 2.07. The zero-order valence-electron chi connectivity index (χ0n) is 8.70. The molecule has 76 valence electrons. The Labute approximate surface area is 83.9 Å². The molecule has 0 radical (unpaired) electrons. The van der Waals surface area contributed by atoms with Gasteiger partial charge in [-0.25, -0.2) is 4.79 Å². The predicted octanol–water partition coefficient (Wildman–Crippen LogP) is 2.58. The van der Waals surface area contributed by atoms with Gasteiger partial charge >= 0.3 is 6.09 Å². The molecule has 14 heavy (non-hydrogen) atoms. The van der Waals surface area contributed by atoms with Crippen LogP contribution in [0, 0.1) is 6.92 Å². The van der Waals surface area contributed by atoms with Gasteiger partial charge in [0.2, 0.25) is 0 Å². The van der Waals surface area contributed by atoms with Crippen molar-refractivity contribution in [2.45, 2.75) is 26.7 Å². The molecular formula is C11H15NO2. The molecule has 3 heteroatoms. The van der Waals surface area contributed by atoms with Crippen molar-refractivity contribution in [1.29, 1.82) is 0 Å². The third-order valence-corrected chi connectivity index (χ3v) is 2.07. The summed E-state index contributed by atoms with van der Waals surface area (Å²) in [4.78, 5) is 10.7. The fraction of sp³-hybridized carbons (Fsp3) is 0.364. The van der Waals surface area contributed by atoms with E-state index in [1.807, 2.05) is 19.1 Å². The van der Waals surface area contributed by atoms with E-state index in [0.717, 1.165) is 11.1 Å². The van der Waals surface area contributed by atoms with Crippen molar-refractivity contribution < 1.29 is 9.53 Å². The van der Waals surface area contributed by atoms with Crippen molar-refractivity contribution in [1.82, 2.24) is 0 Å². The second-order valence-electron chi connectivity index (χ2n) is 3.56. The van der Waals surface area contributed by atoms with E-state index in [9.17, 15) is 4.79 Å². The van der Waals surface area contributed by atoms with E-state index in [1.54, 1.807) is 6.07 Å². The van der Waals surface area contributed by atoms with E-state index < -0.39 is 6.09 Å². The first-order valence-corrected chi connectivity index (χ1v) is 4.59. The summed E-state index contributed by atoms with van der Waals surface area (Å²) in [6.45, 7) is 6.09. The highest BCUT2D eigenvalue weighted by atomic mass is 16.5. The van der Waals surface area contributed by atoms with Crippen LogP contribution in [0.4, 0.5) is 4.79 Å². The maximum atomic E-state index is 10.7. The van der Waals surface area contributed by atoms with Crippen LogP contribution in [0.25, 0.3) is 0 Å². The van der Waals surface area contributed by atoms with Crippen LogP contribution < -0.4 is 10.5 Å². The topological polar surface area (TPSA) is 52.3 Å². The molecule has 0 aliphatic carbocycles. The van der Waals surface area contributed by atoms with E-state index in [2.05, 4.69) is 13.8 Å². The first-order valence-electron chi connectivity index (χ1n) is 4.59. The number of benzene rings is 1. The number of primary amides is 1. The highest BCUT2D eigenvalue weighted by Crippen LogP contribution is 2.29. The second-order valence-corrected chi connectivity index (χ2v) is 3.56. The number of carbonyl (C=O) groups is 1. The molecule has 0 fully saturated rings. The van der Waals surface area contributed by atoms with Crippen LogP contribution in [0.5, 0.6) is 5.75 Å². The lowest BCUT2D eigenvalue weighted by Gasteiger charge is -2.14. The van der Waals surface area contributed by atoms with Crippen molar-refractivity contribution in [3.8, 4) is 5.75 Å². The number of nitrogens with two attached hydrogens (primary N) is 1. The number of aryl methyl sites for hydroxylation is 1. The molecule has 0 unspecified atom stereocenters. The maximum Gasteiger partial charge on any atom is 0.409 e. The zero-order chi connectivity index (χ0) is 10.7. The van der Waals surface area contributed by atoms with Gasteiger partial charge in [-0.2, -0.15) is 0 Å². The van der Waals surface area contributed by atoms with Crippen LogP contribution in [0.2, 0.25) is 0 Å². The third kappa shape index (κ3) is 2.25. The van der Waals surface area contributed by atoms with Gasteiger partial charge in [-0.05, 0) is 24.5 Å². The van der Waals surface area contributed by atoms with Crippen LogP contribution in [-0.4, -0.2) is 6.09 Å². The highest BCUT2D eigenvalue weighted by molar-refractivity contribution is 5.69. The molecule has 0 heterocycles. The molecule has 0 atom stereocenters. The van der Waals surface area contributed by atoms with Crippen LogP contribution in [-0.2, 0) is 0 Å². The monoisotopic (exact) mass is 193 g/mol. The number of carbonyl (C=O) groups excluding carboxylic acids is 1. The van der Waals surface area contributed by atoms with Gasteiger partial charge in [-0.15, -0.1) is 0 Å². The Morgan fingerprint density at radius 3 is 2.57 bits per heavy atom. The summed E-state index contributed by atoms with van der Waals surface area (Å²) >= 11 is 0. The molecule has 1 amide bonds. The summed E-state index contributed by atoms with van der Waals surface area (Å²) in [5.41, 5.74) is 7.13. The molecule has 1 rings (SSSR count). The van der Waals surface area contributed by atoms with Crippen molar-refractivity contribution in [3.05, 3.63) is 29.3 Å². The molecule has 1 aromatic rings. The summed E-state index contributed by atoms with van der Waals surface area (Å²) in [6, 6.07) is 5.59. The average molecular weight is 193 g/mol. The largest absolute Gasteiger partial charge is 0.410 e. The fourth-order valence-electron chi connectivity index (χ4n) is 1.59. The molecule has 0 aliphatic rings. The summed E-state index contributed by atoms with van der Waals surface area (Å²) in [5, 5.41) is 0. The molecule has 0 aromatic heterocycles. The van der Waals surface area contributed by atoms with E-state index in [-0.39, 0.29) is 0 Å². The first-order chi connectivity index (χ1) is 6.52. The standard InChI is InChI=1S/C11H15NO2/c1-7(2)10-8(3)5-4-6-9(10)14-11(12)13/h4-7H,1-3H3,(H2,12,13). The molecule has 3 nitrogen and oxygen atoms in total. The van der Waals surface area contributed by atoms with Crippen LogP contribution >= 0.6 is 0 Å². The lowest BCUT2D eigenvalue weighted by molar-refractivity contribution is 0.210. The van der Waals surface area contributed by atoms with Crippen LogP contribution in [0.15, 0.2) is 18.2 Å². The van der Waals surface area contributed by atoms with Crippen LogP contribution in [0.3, 0.4) is 0 Å². The molecule has 0 saturated carbocycles. The molecular weight excluding hydrogens is 178 g/mol. The Morgan fingerprint density at radius 1 is 1.43 bits per heavy atom. The maximum absolute atomic E-state index is 10.7. The summed E-state index contributed by atoms with van der Waals surface area (Å²) in [6.07, 6.45) is -0.766. The van der Waals surface area contributed by atoms with Gasteiger partial charge in [0, 0.05) is 5.56 Å². The molecule has 0 spiro atoms. The SMILES string of the molecule is Cc1cccc(OC(N)=O)c1C(C)C. The quantitative estimate of drug-likeness (QED) is 0.784. The number of amides is 1. The average Bonchev–Trinajstić information content (AvgIpc) is 2.01. The molecule has 0 saturated heterocycles. The fourth-order valence-corrected chi connectivity index (χ4v) is 1.59. The van der Waals surface area contributed by atoms with E-state index >= 15 is 0 Å². The van der Waals surface area contributed by atoms with Gasteiger partial charge in [0.05, 0.1) is 0 Å². The smallest absolute Gasteiger partial charge is 0.409 e. The van der Waals surface area contributed by atoms with E-state index in [0.29, 0.717) is 11.7 Å². The number of hydrogen-bond donors (Lipinski definition) is 1. The molecule has 0 aliphatic heterocycles. The van der Waals surface area contributed by atoms with E-state index in [1.165, 1.54) is 0 Å². The lowest BCUT2D eigenvalue weighted by atomic mass is 9.97. The number of ether oxygens (including phenoxy) is 1. The number of rotatable bonds is 2. The normalized spacial score (nSPS) is 10.3. The highest BCUT2D eigenvalue weighted by Gasteiger charge is 2.11. The van der Waals surface area contributed by atoms with E-state index in [4.69, 9.17) is 10.5 Å². The van der Waals surface area contributed by atoms with Gasteiger partial charge in [-0.1, -0.05) is 26.0 Å². The second kappa shape index (κ2) is 4.13. The summed E-state index contributed by atoms with van der Waals surface area (Å²) in [5.74, 6) is 0.873. The van der Waals surface area contributed by atoms with Crippen molar-refractivity contribution >= 4 is 6.09 Å². The predicted molar refractivity (Wildman–Crippen MR) is 55.5 cm³/mol. The minimum atomic E-state index is -0.766. The van der Waals surface area contributed by atoms with Gasteiger partial charge in [-0.3, -0.25) is 0 Å². The molecule has 0 bridgehead atoms. The minimum Gasteiger partial charge on any atom is -0.410 e. The minimum absolute atomic E-state index is 0.311. The Morgan fingerprint density at radius 2 is 2.07 bits per heavy atom. The Bertz CT molecular complexity index is 345. The van der Waals surface area contributed by atoms with Crippen molar-refractivity contribution in [2.75, 3.05) is 0 Å². The lowest BCUT2D eigenvalue weighted by Crippen LogP contribution is -2.17. The molecule has 1 aromatic carbocycles. The Hall–Kier alpha value is -1.51. The van der Waals surface area contributed by atoms with Crippen LogP contribution in [0.1, 0.15) is 30.9 Å². The zero-order valence-corrected chi connectivity index (χ0v) is 8.70. The van der Waals surface area contributed by atoms with Gasteiger partial charge in [0.25, 0.3) is 0 Å². The Balaban J connectivity index is 3.14. The van der Waals surface area contributed by atoms with Crippen molar-refractivity contribution in [2.24, 2.45) is 5.73 Å². The van der Waals surface area contributed by atoms with Gasteiger partial charge in [0.1, 0.15) is 5.75 Å². The Kier molecular flexibility index (Phi) is 3.12. The summed E-state index contributed by atoms with van der Waals surface area (Å²) in [7, 11) is 0.